The van der Waals surface area contributed by atoms with Crippen LogP contribution in [0.25, 0.3) is 10.8 Å². The first-order valence-corrected chi connectivity index (χ1v) is 9.81. The van der Waals surface area contributed by atoms with Crippen LogP contribution in [-0.2, 0) is 11.2 Å². The van der Waals surface area contributed by atoms with Crippen LogP contribution in [0.4, 0.5) is 5.69 Å². The van der Waals surface area contributed by atoms with Crippen LogP contribution < -0.4 is 10.2 Å². The lowest BCUT2D eigenvalue weighted by atomic mass is 9.94. The second kappa shape index (κ2) is 7.62. The van der Waals surface area contributed by atoms with Crippen LogP contribution in [0.2, 0.25) is 0 Å². The van der Waals surface area contributed by atoms with Crippen molar-refractivity contribution in [3.63, 3.8) is 0 Å². The number of nitrogens with zero attached hydrogens (tertiary/aromatic N) is 3. The van der Waals surface area contributed by atoms with E-state index in [0.29, 0.717) is 6.04 Å². The zero-order chi connectivity index (χ0) is 17.9. The zero-order valence-electron chi connectivity index (χ0n) is 15.6. The Morgan fingerprint density at radius 3 is 2.88 bits per heavy atom. The van der Waals surface area contributed by atoms with Gasteiger partial charge >= 0.3 is 0 Å². The van der Waals surface area contributed by atoms with Gasteiger partial charge in [0.1, 0.15) is 0 Å². The third-order valence-electron chi connectivity index (χ3n) is 5.79. The number of rotatable bonds is 5. The second-order valence-electron chi connectivity index (χ2n) is 7.53. The lowest BCUT2D eigenvalue weighted by Crippen LogP contribution is -2.47. The Labute approximate surface area is 155 Å². The quantitative estimate of drug-likeness (QED) is 0.841. The van der Waals surface area contributed by atoms with Crippen molar-refractivity contribution in [2.24, 2.45) is 0 Å². The summed E-state index contributed by atoms with van der Waals surface area (Å²) in [6.45, 7) is 6.86. The van der Waals surface area contributed by atoms with Gasteiger partial charge < -0.3 is 15.1 Å². The van der Waals surface area contributed by atoms with Crippen molar-refractivity contribution in [1.29, 1.82) is 0 Å². The van der Waals surface area contributed by atoms with E-state index in [9.17, 15) is 4.79 Å². The van der Waals surface area contributed by atoms with Crippen molar-refractivity contribution >= 4 is 22.4 Å². The van der Waals surface area contributed by atoms with E-state index < -0.39 is 0 Å². The summed E-state index contributed by atoms with van der Waals surface area (Å²) in [6.07, 6.45) is 8.60. The van der Waals surface area contributed by atoms with Gasteiger partial charge in [-0.3, -0.25) is 9.78 Å². The van der Waals surface area contributed by atoms with Crippen LogP contribution in [0, 0.1) is 0 Å². The molecule has 138 valence electrons. The number of anilines is 1. The first-order chi connectivity index (χ1) is 12.7. The Bertz CT molecular complexity index is 777. The number of carbonyl (C=O) groups excluding carboxylic acids is 1. The van der Waals surface area contributed by atoms with E-state index in [2.05, 4.69) is 38.3 Å². The molecule has 0 saturated carbocycles. The molecule has 2 aromatic rings. The molecule has 0 unspecified atom stereocenters. The molecule has 0 bridgehead atoms. The largest absolute Gasteiger partial charge is 0.368 e. The number of hydrogen-bond donors (Lipinski definition) is 1. The maximum absolute atomic E-state index is 10.9. The molecule has 1 aromatic carbocycles. The average Bonchev–Trinajstić information content (AvgIpc) is 2.67. The predicted octanol–water partition coefficient (Wildman–Crippen LogP) is 2.59. The Morgan fingerprint density at radius 2 is 2.08 bits per heavy atom. The molecule has 5 heteroatoms. The number of piperidine rings is 1. The Morgan fingerprint density at radius 1 is 1.23 bits per heavy atom. The molecule has 0 atom stereocenters. The van der Waals surface area contributed by atoms with Gasteiger partial charge in [-0.25, -0.2) is 0 Å². The minimum Gasteiger partial charge on any atom is -0.368 e. The average molecular weight is 352 g/mol. The van der Waals surface area contributed by atoms with Gasteiger partial charge in [0.15, 0.2) is 0 Å². The summed E-state index contributed by atoms with van der Waals surface area (Å²) >= 11 is 0. The lowest BCUT2D eigenvalue weighted by Gasteiger charge is -2.42. The number of benzene rings is 1. The second-order valence-corrected chi connectivity index (χ2v) is 7.53. The molecular weight excluding hydrogens is 324 g/mol. The molecule has 1 fully saturated rings. The van der Waals surface area contributed by atoms with Crippen molar-refractivity contribution in [1.82, 2.24) is 15.2 Å². The van der Waals surface area contributed by atoms with Crippen molar-refractivity contribution in [2.45, 2.75) is 38.6 Å². The van der Waals surface area contributed by atoms with Crippen LogP contribution in [0.3, 0.4) is 0 Å². The lowest BCUT2D eigenvalue weighted by molar-refractivity contribution is -0.118. The maximum atomic E-state index is 10.9. The van der Waals surface area contributed by atoms with Crippen LogP contribution in [0.5, 0.6) is 0 Å². The van der Waals surface area contributed by atoms with E-state index in [4.69, 9.17) is 0 Å². The van der Waals surface area contributed by atoms with Gasteiger partial charge in [-0.2, -0.15) is 0 Å². The highest BCUT2D eigenvalue weighted by Crippen LogP contribution is 2.36. The minimum atomic E-state index is 0.0680. The SMILES string of the molecule is CC(=O)NCCCN1CCC(N2CCc3cncc4cccc2c34)CC1. The van der Waals surface area contributed by atoms with E-state index >= 15 is 0 Å². The predicted molar refractivity (Wildman–Crippen MR) is 106 cm³/mol. The summed E-state index contributed by atoms with van der Waals surface area (Å²) in [6, 6.07) is 7.26. The third kappa shape index (κ3) is 3.54. The summed E-state index contributed by atoms with van der Waals surface area (Å²) in [7, 11) is 0. The molecule has 0 radical (unpaired) electrons. The van der Waals surface area contributed by atoms with E-state index in [0.717, 1.165) is 45.6 Å². The molecule has 2 aliphatic rings. The molecule has 3 heterocycles. The van der Waals surface area contributed by atoms with E-state index in [1.54, 1.807) is 6.92 Å². The van der Waals surface area contributed by atoms with Crippen LogP contribution >= 0.6 is 0 Å². The molecule has 5 nitrogen and oxygen atoms in total. The summed E-state index contributed by atoms with van der Waals surface area (Å²) in [5.41, 5.74) is 2.79. The van der Waals surface area contributed by atoms with Crippen molar-refractivity contribution in [3.8, 4) is 0 Å². The number of likely N-dealkylation sites (tertiary alicyclic amines) is 1. The zero-order valence-corrected chi connectivity index (χ0v) is 15.6. The van der Waals surface area contributed by atoms with Crippen molar-refractivity contribution in [3.05, 3.63) is 36.2 Å². The Hall–Kier alpha value is -2.14. The summed E-state index contributed by atoms with van der Waals surface area (Å²) in [5.74, 6) is 0.0680. The van der Waals surface area contributed by atoms with Gasteiger partial charge in [-0.05, 0) is 43.9 Å². The minimum absolute atomic E-state index is 0.0680. The topological polar surface area (TPSA) is 48.5 Å². The molecule has 2 aliphatic heterocycles. The number of amides is 1. The van der Waals surface area contributed by atoms with Gasteiger partial charge in [-0.15, -0.1) is 0 Å². The van der Waals surface area contributed by atoms with E-state index in [1.807, 2.05) is 12.4 Å². The normalized spacial score (nSPS) is 18.3. The van der Waals surface area contributed by atoms with Crippen LogP contribution in [-0.4, -0.2) is 54.6 Å². The molecule has 0 aliphatic carbocycles. The summed E-state index contributed by atoms with van der Waals surface area (Å²) < 4.78 is 0. The van der Waals surface area contributed by atoms with Crippen molar-refractivity contribution in [2.75, 3.05) is 37.6 Å². The molecule has 1 aromatic heterocycles. The highest BCUT2D eigenvalue weighted by atomic mass is 16.1. The number of nitrogens with one attached hydrogen (secondary N) is 1. The van der Waals surface area contributed by atoms with Gasteiger partial charge in [0.25, 0.3) is 0 Å². The molecule has 1 saturated heterocycles. The van der Waals surface area contributed by atoms with Crippen molar-refractivity contribution < 1.29 is 4.79 Å². The fourth-order valence-corrected chi connectivity index (χ4v) is 4.48. The Balaban J connectivity index is 1.38. The molecule has 1 amide bonds. The molecular formula is C21H28N4O. The molecule has 4 rings (SSSR count). The maximum Gasteiger partial charge on any atom is 0.216 e. The van der Waals surface area contributed by atoms with Crippen LogP contribution in [0.15, 0.2) is 30.6 Å². The van der Waals surface area contributed by atoms with E-state index in [-0.39, 0.29) is 5.91 Å². The van der Waals surface area contributed by atoms with Gasteiger partial charge in [0.2, 0.25) is 5.91 Å². The van der Waals surface area contributed by atoms with E-state index in [1.165, 1.54) is 34.9 Å². The van der Waals surface area contributed by atoms with Gasteiger partial charge in [0, 0.05) is 68.0 Å². The monoisotopic (exact) mass is 352 g/mol. The highest BCUT2D eigenvalue weighted by molar-refractivity contribution is 5.97. The third-order valence-corrected chi connectivity index (χ3v) is 5.79. The standard InChI is InChI=1S/C21H28N4O/c1-16(26)23-9-3-10-24-11-7-19(8-12-24)25-13-6-18-15-22-14-17-4-2-5-20(25)21(17)18/h2,4-5,14-15,19H,3,6-13H2,1H3,(H,23,26). The van der Waals surface area contributed by atoms with Gasteiger partial charge in [-0.1, -0.05) is 12.1 Å². The first-order valence-electron chi connectivity index (χ1n) is 9.81. The highest BCUT2D eigenvalue weighted by Gasteiger charge is 2.28. The number of carbonyl (C=O) groups is 1. The molecule has 1 N–H and O–H groups in total. The number of hydrogen-bond acceptors (Lipinski definition) is 4. The number of aromatic nitrogens is 1. The van der Waals surface area contributed by atoms with Gasteiger partial charge in [0.05, 0.1) is 0 Å². The molecule has 0 spiro atoms. The Kier molecular flexibility index (Phi) is 5.07. The molecule has 26 heavy (non-hydrogen) atoms. The smallest absolute Gasteiger partial charge is 0.216 e. The van der Waals surface area contributed by atoms with Crippen LogP contribution in [0.1, 0.15) is 31.7 Å². The number of pyridine rings is 1. The summed E-state index contributed by atoms with van der Waals surface area (Å²) in [5, 5.41) is 5.56. The fraction of sp³-hybridized carbons (Fsp3) is 0.524. The fourth-order valence-electron chi connectivity index (χ4n) is 4.48. The first kappa shape index (κ1) is 17.3. The summed E-state index contributed by atoms with van der Waals surface area (Å²) in [4.78, 5) is 20.5.